The summed E-state index contributed by atoms with van der Waals surface area (Å²) in [6, 6.07) is 1.07. The zero-order chi connectivity index (χ0) is 17.8. The molecular weight excluding hydrogens is 326 g/mol. The zero-order valence-corrected chi connectivity index (χ0v) is 16.4. The summed E-state index contributed by atoms with van der Waals surface area (Å²) in [5.41, 5.74) is 0.748. The highest BCUT2D eigenvalue weighted by Gasteiger charge is 2.67. The molecular formula is C21H35N3O2. The lowest BCUT2D eigenvalue weighted by molar-refractivity contribution is -0.171. The summed E-state index contributed by atoms with van der Waals surface area (Å²) in [6.45, 7) is 3.90. The van der Waals surface area contributed by atoms with Crippen molar-refractivity contribution >= 4 is 5.96 Å². The Morgan fingerprint density at radius 3 is 2.54 bits per heavy atom. The van der Waals surface area contributed by atoms with Gasteiger partial charge in [0.1, 0.15) is 0 Å². The second kappa shape index (κ2) is 6.37. The van der Waals surface area contributed by atoms with Gasteiger partial charge in [-0.15, -0.1) is 0 Å². The fourth-order valence-electron chi connectivity index (χ4n) is 7.03. The number of fused-ring (bicyclic) bond motifs is 2. The van der Waals surface area contributed by atoms with E-state index in [0.717, 1.165) is 25.6 Å². The molecule has 1 heterocycles. The van der Waals surface area contributed by atoms with E-state index in [1.807, 2.05) is 7.05 Å². The molecule has 5 aliphatic rings. The van der Waals surface area contributed by atoms with Crippen LogP contribution in [0.25, 0.3) is 0 Å². The zero-order valence-electron chi connectivity index (χ0n) is 16.4. The normalized spacial score (nSPS) is 42.1. The third-order valence-electron chi connectivity index (χ3n) is 8.55. The minimum absolute atomic E-state index is 0.348. The Labute approximate surface area is 157 Å². The lowest BCUT2D eigenvalue weighted by Gasteiger charge is -2.63. The number of ether oxygens (including phenoxy) is 2. The summed E-state index contributed by atoms with van der Waals surface area (Å²) >= 11 is 0. The summed E-state index contributed by atoms with van der Waals surface area (Å²) in [7, 11) is 1.92. The van der Waals surface area contributed by atoms with Gasteiger partial charge in [-0.25, -0.2) is 0 Å². The first-order valence-electron chi connectivity index (χ1n) is 11.0. The number of guanidine groups is 1. The van der Waals surface area contributed by atoms with Crippen LogP contribution >= 0.6 is 0 Å². The summed E-state index contributed by atoms with van der Waals surface area (Å²) in [6.07, 6.45) is 12.6. The molecule has 26 heavy (non-hydrogen) atoms. The van der Waals surface area contributed by atoms with E-state index in [0.29, 0.717) is 41.0 Å². The number of rotatable bonds is 4. The largest absolute Gasteiger partial charge is 0.378 e. The van der Waals surface area contributed by atoms with Crippen molar-refractivity contribution in [3.63, 3.8) is 0 Å². The van der Waals surface area contributed by atoms with E-state index in [9.17, 15) is 0 Å². The molecule has 0 bridgehead atoms. The SMILES string of the molecule is CCOC1CC(NC(=NC)NC2C3CCOC3C23CCC3)C12CCCC2. The first-order chi connectivity index (χ1) is 12.7. The van der Waals surface area contributed by atoms with Gasteiger partial charge < -0.3 is 20.1 Å². The highest BCUT2D eigenvalue weighted by Crippen LogP contribution is 2.62. The maximum atomic E-state index is 6.07. The summed E-state index contributed by atoms with van der Waals surface area (Å²) in [4.78, 5) is 4.61. The number of hydrogen-bond donors (Lipinski definition) is 2. The number of hydrogen-bond acceptors (Lipinski definition) is 3. The molecule has 146 valence electrons. The van der Waals surface area contributed by atoms with Crippen LogP contribution in [0, 0.1) is 16.7 Å². The molecule has 5 nitrogen and oxygen atoms in total. The quantitative estimate of drug-likeness (QED) is 0.597. The average molecular weight is 362 g/mol. The molecule has 5 fully saturated rings. The Morgan fingerprint density at radius 2 is 1.88 bits per heavy atom. The molecule has 4 aliphatic carbocycles. The minimum Gasteiger partial charge on any atom is -0.378 e. The van der Waals surface area contributed by atoms with Crippen molar-refractivity contribution in [2.24, 2.45) is 21.7 Å². The average Bonchev–Trinajstić information content (AvgIpc) is 3.25. The lowest BCUT2D eigenvalue weighted by atomic mass is 9.46. The molecule has 0 aromatic heterocycles. The smallest absolute Gasteiger partial charge is 0.191 e. The van der Waals surface area contributed by atoms with Gasteiger partial charge in [0, 0.05) is 49.1 Å². The van der Waals surface area contributed by atoms with Gasteiger partial charge in [-0.3, -0.25) is 4.99 Å². The maximum absolute atomic E-state index is 6.07. The van der Waals surface area contributed by atoms with Crippen molar-refractivity contribution in [1.29, 1.82) is 0 Å². The van der Waals surface area contributed by atoms with Gasteiger partial charge in [-0.05, 0) is 45.4 Å². The molecule has 1 saturated heterocycles. The lowest BCUT2D eigenvalue weighted by Crippen LogP contribution is -2.73. The van der Waals surface area contributed by atoms with E-state index in [4.69, 9.17) is 9.47 Å². The van der Waals surface area contributed by atoms with Gasteiger partial charge in [0.25, 0.3) is 0 Å². The van der Waals surface area contributed by atoms with E-state index >= 15 is 0 Å². The molecule has 4 saturated carbocycles. The fraction of sp³-hybridized carbons (Fsp3) is 0.952. The molecule has 5 rings (SSSR count). The molecule has 5 atom stereocenters. The van der Waals surface area contributed by atoms with Gasteiger partial charge in [0.15, 0.2) is 5.96 Å². The van der Waals surface area contributed by atoms with E-state index < -0.39 is 0 Å². The van der Waals surface area contributed by atoms with Crippen LogP contribution < -0.4 is 10.6 Å². The molecule has 1 aliphatic heterocycles. The highest BCUT2D eigenvalue weighted by molar-refractivity contribution is 5.81. The molecule has 0 radical (unpaired) electrons. The number of nitrogens with zero attached hydrogens (tertiary/aromatic N) is 1. The molecule has 0 aromatic rings. The van der Waals surface area contributed by atoms with Crippen LogP contribution in [-0.4, -0.2) is 50.5 Å². The first kappa shape index (κ1) is 17.3. The van der Waals surface area contributed by atoms with Crippen molar-refractivity contribution in [1.82, 2.24) is 10.6 Å². The van der Waals surface area contributed by atoms with E-state index in [1.54, 1.807) is 0 Å². The number of nitrogens with one attached hydrogen (secondary N) is 2. The third-order valence-corrected chi connectivity index (χ3v) is 8.55. The molecule has 0 aromatic carbocycles. The van der Waals surface area contributed by atoms with E-state index in [-0.39, 0.29) is 0 Å². The molecule has 5 unspecified atom stereocenters. The van der Waals surface area contributed by atoms with Crippen molar-refractivity contribution in [2.45, 2.75) is 89.0 Å². The predicted octanol–water partition coefficient (Wildman–Crippen LogP) is 2.85. The van der Waals surface area contributed by atoms with Crippen LogP contribution in [0.4, 0.5) is 0 Å². The van der Waals surface area contributed by atoms with Gasteiger partial charge in [-0.2, -0.15) is 0 Å². The fourth-order valence-corrected chi connectivity index (χ4v) is 7.03. The third kappa shape index (κ3) is 2.25. The van der Waals surface area contributed by atoms with Crippen LogP contribution in [-0.2, 0) is 9.47 Å². The van der Waals surface area contributed by atoms with Crippen LogP contribution in [0.5, 0.6) is 0 Å². The van der Waals surface area contributed by atoms with Crippen molar-refractivity contribution in [3.05, 3.63) is 0 Å². The molecule has 5 heteroatoms. The van der Waals surface area contributed by atoms with Crippen LogP contribution in [0.2, 0.25) is 0 Å². The van der Waals surface area contributed by atoms with Gasteiger partial charge >= 0.3 is 0 Å². The Morgan fingerprint density at radius 1 is 1.12 bits per heavy atom. The Hall–Kier alpha value is -0.810. The van der Waals surface area contributed by atoms with Crippen LogP contribution in [0.3, 0.4) is 0 Å². The van der Waals surface area contributed by atoms with Crippen LogP contribution in [0.15, 0.2) is 4.99 Å². The second-order valence-electron chi connectivity index (χ2n) is 9.34. The van der Waals surface area contributed by atoms with Gasteiger partial charge in [0.05, 0.1) is 12.2 Å². The maximum Gasteiger partial charge on any atom is 0.191 e. The van der Waals surface area contributed by atoms with E-state index in [2.05, 4.69) is 22.5 Å². The Balaban J connectivity index is 1.25. The van der Waals surface area contributed by atoms with Crippen molar-refractivity contribution in [3.8, 4) is 0 Å². The summed E-state index contributed by atoms with van der Waals surface area (Å²) in [5, 5.41) is 7.65. The second-order valence-corrected chi connectivity index (χ2v) is 9.34. The molecule has 2 N–H and O–H groups in total. The van der Waals surface area contributed by atoms with E-state index in [1.165, 1.54) is 51.4 Å². The number of aliphatic imine (C=N–C) groups is 1. The standard InChI is InChI=1S/C21H35N3O2/c1-3-25-16-13-15(20(16)8-4-5-9-20)23-19(22-2)24-17-14-7-12-26-18(14)21(17)10-6-11-21/h14-18H,3-13H2,1-2H3,(H2,22,23,24). The highest BCUT2D eigenvalue weighted by atomic mass is 16.5. The molecule has 2 spiro atoms. The molecule has 0 amide bonds. The monoisotopic (exact) mass is 361 g/mol. The van der Waals surface area contributed by atoms with Crippen molar-refractivity contribution < 1.29 is 9.47 Å². The summed E-state index contributed by atoms with van der Waals surface area (Å²) in [5.74, 6) is 1.70. The van der Waals surface area contributed by atoms with Gasteiger partial charge in [0.2, 0.25) is 0 Å². The predicted molar refractivity (Wildman–Crippen MR) is 102 cm³/mol. The topological polar surface area (TPSA) is 54.9 Å². The minimum atomic E-state index is 0.348. The van der Waals surface area contributed by atoms with Gasteiger partial charge in [-0.1, -0.05) is 19.3 Å². The summed E-state index contributed by atoms with van der Waals surface area (Å²) < 4.78 is 12.1. The van der Waals surface area contributed by atoms with Crippen LogP contribution in [0.1, 0.15) is 64.7 Å². The van der Waals surface area contributed by atoms with Crippen molar-refractivity contribution in [2.75, 3.05) is 20.3 Å². The Bertz CT molecular complexity index is 568. The first-order valence-corrected chi connectivity index (χ1v) is 11.0. The Kier molecular flexibility index (Phi) is 4.24.